The molecule has 0 spiro atoms. The molecule has 0 radical (unpaired) electrons. The van der Waals surface area contributed by atoms with Crippen LogP contribution in [-0.2, 0) is 11.2 Å². The lowest BCUT2D eigenvalue weighted by atomic mass is 10.1. The summed E-state index contributed by atoms with van der Waals surface area (Å²) < 4.78 is 5.29. The zero-order chi connectivity index (χ0) is 13.2. The highest BCUT2D eigenvalue weighted by Crippen LogP contribution is 2.17. The summed E-state index contributed by atoms with van der Waals surface area (Å²) in [5.74, 6) is 1.03. The van der Waals surface area contributed by atoms with Crippen molar-refractivity contribution in [1.29, 1.82) is 0 Å². The van der Waals surface area contributed by atoms with Crippen LogP contribution in [0.1, 0.15) is 18.4 Å². The molecule has 0 aliphatic heterocycles. The largest absolute Gasteiger partial charge is 0.496 e. The Kier molecular flexibility index (Phi) is 6.87. The highest BCUT2D eigenvalue weighted by molar-refractivity contribution is 5.75. The van der Waals surface area contributed by atoms with Crippen LogP contribution < -0.4 is 15.4 Å². The molecule has 0 saturated carbocycles. The van der Waals surface area contributed by atoms with E-state index in [2.05, 4.69) is 16.7 Å². The van der Waals surface area contributed by atoms with Gasteiger partial charge in [-0.2, -0.15) is 0 Å². The maximum absolute atomic E-state index is 11.0. The van der Waals surface area contributed by atoms with Crippen LogP contribution in [-0.4, -0.2) is 33.2 Å². The third kappa shape index (κ3) is 5.19. The highest BCUT2D eigenvalue weighted by atomic mass is 16.5. The summed E-state index contributed by atoms with van der Waals surface area (Å²) in [4.78, 5) is 11.0. The number of carbonyl (C=O) groups excluding carboxylic acids is 1. The van der Waals surface area contributed by atoms with Crippen LogP contribution in [0.25, 0.3) is 0 Å². The fourth-order valence-corrected chi connectivity index (χ4v) is 1.76. The zero-order valence-corrected chi connectivity index (χ0v) is 11.2. The Morgan fingerprint density at radius 3 is 2.78 bits per heavy atom. The van der Waals surface area contributed by atoms with Gasteiger partial charge in [0.25, 0.3) is 0 Å². The average molecular weight is 250 g/mol. The lowest BCUT2D eigenvalue weighted by Crippen LogP contribution is -2.22. The number of para-hydroxylation sites is 1. The van der Waals surface area contributed by atoms with Gasteiger partial charge in [-0.1, -0.05) is 18.2 Å². The Morgan fingerprint density at radius 1 is 1.28 bits per heavy atom. The highest BCUT2D eigenvalue weighted by Gasteiger charge is 2.01. The van der Waals surface area contributed by atoms with Crippen LogP contribution in [0.4, 0.5) is 0 Å². The predicted molar refractivity (Wildman–Crippen MR) is 72.9 cm³/mol. The second-order valence-corrected chi connectivity index (χ2v) is 4.09. The van der Waals surface area contributed by atoms with Crippen molar-refractivity contribution in [2.24, 2.45) is 0 Å². The minimum Gasteiger partial charge on any atom is -0.496 e. The van der Waals surface area contributed by atoms with Crippen molar-refractivity contribution in [3.8, 4) is 5.75 Å². The standard InChI is InChI=1S/C14H22N2O2/c1-15-14(17)8-5-10-16-11-9-12-6-3-4-7-13(12)18-2/h3-4,6-7,16H,5,8-11H2,1-2H3,(H,15,17). The second kappa shape index (κ2) is 8.53. The third-order valence-electron chi connectivity index (χ3n) is 2.80. The number of nitrogens with one attached hydrogen (secondary N) is 2. The van der Waals surface area contributed by atoms with Crippen LogP contribution in [0.3, 0.4) is 0 Å². The first kappa shape index (κ1) is 14.5. The summed E-state index contributed by atoms with van der Waals surface area (Å²) in [7, 11) is 3.35. The second-order valence-electron chi connectivity index (χ2n) is 4.09. The van der Waals surface area contributed by atoms with Gasteiger partial charge in [-0.15, -0.1) is 0 Å². The van der Waals surface area contributed by atoms with Gasteiger partial charge in [0.2, 0.25) is 5.91 Å². The van der Waals surface area contributed by atoms with Crippen LogP contribution in [0.5, 0.6) is 5.75 Å². The molecule has 0 heterocycles. The van der Waals surface area contributed by atoms with Gasteiger partial charge in [0.1, 0.15) is 5.75 Å². The van der Waals surface area contributed by atoms with Gasteiger partial charge in [-0.05, 0) is 37.6 Å². The van der Waals surface area contributed by atoms with Gasteiger partial charge in [-0.3, -0.25) is 4.79 Å². The molecule has 0 unspecified atom stereocenters. The number of benzene rings is 1. The normalized spacial score (nSPS) is 10.1. The number of amides is 1. The first-order chi connectivity index (χ1) is 8.77. The van der Waals surface area contributed by atoms with E-state index in [1.54, 1.807) is 14.2 Å². The van der Waals surface area contributed by atoms with E-state index >= 15 is 0 Å². The molecular weight excluding hydrogens is 228 g/mol. The smallest absolute Gasteiger partial charge is 0.219 e. The van der Waals surface area contributed by atoms with Crippen molar-refractivity contribution in [1.82, 2.24) is 10.6 Å². The van der Waals surface area contributed by atoms with E-state index in [0.717, 1.165) is 31.7 Å². The van der Waals surface area contributed by atoms with E-state index in [9.17, 15) is 4.79 Å². The minimum absolute atomic E-state index is 0.0986. The summed E-state index contributed by atoms with van der Waals surface area (Å²) in [5, 5.41) is 5.94. The van der Waals surface area contributed by atoms with Gasteiger partial charge >= 0.3 is 0 Å². The molecule has 1 rings (SSSR count). The topological polar surface area (TPSA) is 50.4 Å². The van der Waals surface area contributed by atoms with Crippen molar-refractivity contribution in [3.05, 3.63) is 29.8 Å². The minimum atomic E-state index is 0.0986. The van der Waals surface area contributed by atoms with Gasteiger partial charge in [0, 0.05) is 13.5 Å². The van der Waals surface area contributed by atoms with E-state index in [1.165, 1.54) is 5.56 Å². The van der Waals surface area contributed by atoms with Crippen molar-refractivity contribution >= 4 is 5.91 Å². The Bertz CT molecular complexity index is 367. The molecule has 1 amide bonds. The van der Waals surface area contributed by atoms with Crippen LogP contribution in [0, 0.1) is 0 Å². The van der Waals surface area contributed by atoms with Gasteiger partial charge in [0.15, 0.2) is 0 Å². The fraction of sp³-hybridized carbons (Fsp3) is 0.500. The van der Waals surface area contributed by atoms with E-state index in [1.807, 2.05) is 18.2 Å². The molecule has 4 nitrogen and oxygen atoms in total. The number of carbonyl (C=O) groups is 1. The Labute approximate surface area is 109 Å². The Hall–Kier alpha value is -1.55. The zero-order valence-electron chi connectivity index (χ0n) is 11.2. The number of hydrogen-bond donors (Lipinski definition) is 2. The lowest BCUT2D eigenvalue weighted by molar-refractivity contribution is -0.120. The summed E-state index contributed by atoms with van der Waals surface area (Å²) in [5.41, 5.74) is 1.21. The molecule has 0 aliphatic rings. The molecule has 100 valence electrons. The molecule has 4 heteroatoms. The Morgan fingerprint density at radius 2 is 2.06 bits per heavy atom. The van der Waals surface area contributed by atoms with Crippen molar-refractivity contribution < 1.29 is 9.53 Å². The third-order valence-corrected chi connectivity index (χ3v) is 2.80. The molecule has 0 atom stereocenters. The van der Waals surface area contributed by atoms with E-state index in [-0.39, 0.29) is 5.91 Å². The molecule has 0 aliphatic carbocycles. The summed E-state index contributed by atoms with van der Waals surface area (Å²) in [6, 6.07) is 8.04. The molecule has 0 bridgehead atoms. The molecule has 0 saturated heterocycles. The van der Waals surface area contributed by atoms with E-state index in [0.29, 0.717) is 6.42 Å². The van der Waals surface area contributed by atoms with Gasteiger partial charge < -0.3 is 15.4 Å². The molecular formula is C14H22N2O2. The molecule has 18 heavy (non-hydrogen) atoms. The maximum Gasteiger partial charge on any atom is 0.219 e. The Balaban J connectivity index is 2.16. The molecule has 1 aromatic carbocycles. The first-order valence-corrected chi connectivity index (χ1v) is 6.31. The van der Waals surface area contributed by atoms with Crippen molar-refractivity contribution in [2.45, 2.75) is 19.3 Å². The summed E-state index contributed by atoms with van der Waals surface area (Å²) in [6.45, 7) is 1.76. The van der Waals surface area contributed by atoms with Crippen LogP contribution >= 0.6 is 0 Å². The lowest BCUT2D eigenvalue weighted by Gasteiger charge is -2.08. The van der Waals surface area contributed by atoms with Crippen molar-refractivity contribution in [2.75, 3.05) is 27.2 Å². The maximum atomic E-state index is 11.0. The first-order valence-electron chi connectivity index (χ1n) is 6.31. The predicted octanol–water partition coefficient (Wildman–Crippen LogP) is 1.35. The summed E-state index contributed by atoms with van der Waals surface area (Å²) >= 11 is 0. The summed E-state index contributed by atoms with van der Waals surface area (Å²) in [6.07, 6.45) is 2.38. The van der Waals surface area contributed by atoms with Gasteiger partial charge in [-0.25, -0.2) is 0 Å². The fourth-order valence-electron chi connectivity index (χ4n) is 1.76. The van der Waals surface area contributed by atoms with Crippen LogP contribution in [0.2, 0.25) is 0 Å². The monoisotopic (exact) mass is 250 g/mol. The number of hydrogen-bond acceptors (Lipinski definition) is 3. The van der Waals surface area contributed by atoms with E-state index in [4.69, 9.17) is 4.74 Å². The number of rotatable bonds is 8. The molecule has 0 aromatic heterocycles. The van der Waals surface area contributed by atoms with Crippen LogP contribution in [0.15, 0.2) is 24.3 Å². The molecule has 2 N–H and O–H groups in total. The number of methoxy groups -OCH3 is 1. The quantitative estimate of drug-likeness (QED) is 0.685. The molecule has 1 aromatic rings. The van der Waals surface area contributed by atoms with Crippen molar-refractivity contribution in [3.63, 3.8) is 0 Å². The number of ether oxygens (including phenoxy) is 1. The van der Waals surface area contributed by atoms with Gasteiger partial charge in [0.05, 0.1) is 7.11 Å². The SMILES string of the molecule is CNC(=O)CCCNCCc1ccccc1OC. The average Bonchev–Trinajstić information content (AvgIpc) is 2.42. The van der Waals surface area contributed by atoms with E-state index < -0.39 is 0 Å². The molecule has 0 fully saturated rings.